The molecule has 2 fully saturated rings. The van der Waals surface area contributed by atoms with Crippen molar-refractivity contribution in [1.29, 1.82) is 0 Å². The van der Waals surface area contributed by atoms with Crippen LogP contribution in [0.5, 0.6) is 0 Å². The molecule has 5 atom stereocenters. The van der Waals surface area contributed by atoms with Crippen LogP contribution in [0.3, 0.4) is 0 Å². The van der Waals surface area contributed by atoms with Crippen LogP contribution in [0.15, 0.2) is 47.6 Å². The molecule has 10 nitrogen and oxygen atoms in total. The standard InChI is InChI=1S/C22H34O3.C17H27NO6.3C2H6/c1-6-17(2)12-10-8-7-9-11-13-18(3)21(24)16-22(25)19(4)14-15-20(5)23;1-3-10-23-16(21)13-8-4-5-9-18(13)15(20)14(19)17(22)12(2)7-6-11-24-17;3*1-2/h7-10,12,14,18,22,25H,6,11,13,15-16H2,1-5H3;12-13,22H,3-11H2,1-2H3;3*1-2H3/b9-7+,10-8+,17-12+,19-14+;;;;/t18-,22?;12-,13+,17-;;;/m11.../s1. The molecule has 2 aliphatic rings. The van der Waals surface area contributed by atoms with Crippen molar-refractivity contribution in [2.24, 2.45) is 11.8 Å². The number of rotatable bonds is 17. The van der Waals surface area contributed by atoms with Gasteiger partial charge in [-0.3, -0.25) is 19.2 Å². The Bertz CT molecular complexity index is 1220. The number of ketones is 3. The van der Waals surface area contributed by atoms with E-state index in [2.05, 4.69) is 26.0 Å². The number of nitrogens with zero attached hydrogens (tertiary/aromatic N) is 1. The molecule has 0 radical (unpaired) electrons. The van der Waals surface area contributed by atoms with Crippen LogP contribution in [0.25, 0.3) is 0 Å². The number of aliphatic hydroxyl groups is 2. The average molecular weight is 778 g/mol. The van der Waals surface area contributed by atoms with Gasteiger partial charge in [0.15, 0.2) is 0 Å². The molecule has 2 saturated heterocycles. The Morgan fingerprint density at radius 1 is 0.927 bits per heavy atom. The first kappa shape index (κ1) is 56.1. The summed E-state index contributed by atoms with van der Waals surface area (Å²) in [4.78, 5) is 61.8. The fraction of sp³-hybridized carbons (Fsp3) is 0.711. The molecule has 2 heterocycles. The molecule has 0 saturated carbocycles. The van der Waals surface area contributed by atoms with Crippen LogP contribution in [0, 0.1) is 11.8 Å². The largest absolute Gasteiger partial charge is 0.464 e. The summed E-state index contributed by atoms with van der Waals surface area (Å²) < 4.78 is 10.4. The van der Waals surface area contributed by atoms with Crippen molar-refractivity contribution in [3.8, 4) is 0 Å². The topological polar surface area (TPSA) is 148 Å². The number of ether oxygens (including phenoxy) is 2. The van der Waals surface area contributed by atoms with Gasteiger partial charge in [-0.2, -0.15) is 0 Å². The third kappa shape index (κ3) is 22.8. The normalized spacial score (nSPS) is 20.9. The highest BCUT2D eigenvalue weighted by atomic mass is 16.6. The molecule has 10 heteroatoms. The Balaban J connectivity index is -0.000000865. The molecule has 2 N–H and O–H groups in total. The van der Waals surface area contributed by atoms with Crippen LogP contribution < -0.4 is 0 Å². The number of esters is 1. The monoisotopic (exact) mass is 778 g/mol. The summed E-state index contributed by atoms with van der Waals surface area (Å²) in [5.41, 5.74) is 2.03. The van der Waals surface area contributed by atoms with Crippen molar-refractivity contribution >= 4 is 29.2 Å². The zero-order chi connectivity index (χ0) is 43.0. The molecule has 55 heavy (non-hydrogen) atoms. The van der Waals surface area contributed by atoms with Gasteiger partial charge in [-0.1, -0.05) is 111 Å². The summed E-state index contributed by atoms with van der Waals surface area (Å²) >= 11 is 0. The maximum atomic E-state index is 12.7. The van der Waals surface area contributed by atoms with E-state index in [0.717, 1.165) is 32.1 Å². The molecule has 0 aromatic heterocycles. The van der Waals surface area contributed by atoms with E-state index in [1.54, 1.807) is 19.9 Å². The van der Waals surface area contributed by atoms with Crippen molar-refractivity contribution in [3.63, 3.8) is 0 Å². The Morgan fingerprint density at radius 3 is 2.13 bits per heavy atom. The third-order valence-electron chi connectivity index (χ3n) is 9.02. The molecular weight excluding hydrogens is 698 g/mol. The van der Waals surface area contributed by atoms with E-state index in [0.29, 0.717) is 44.2 Å². The minimum atomic E-state index is -2.09. The summed E-state index contributed by atoms with van der Waals surface area (Å²) in [5, 5.41) is 20.6. The summed E-state index contributed by atoms with van der Waals surface area (Å²) in [5.74, 6) is -4.84. The first-order valence-corrected chi connectivity index (χ1v) is 20.9. The number of Topliss-reactive ketones (excluding diaryl/α,β-unsaturated/α-hetero) is 3. The molecular formula is C45H79NO9. The number of carbonyl (C=O) groups excluding carboxylic acids is 5. The zero-order valence-electron chi connectivity index (χ0n) is 36.9. The Hall–Kier alpha value is -3.21. The van der Waals surface area contributed by atoms with Crippen LogP contribution in [0.4, 0.5) is 0 Å². The number of piperidine rings is 1. The maximum Gasteiger partial charge on any atom is 0.328 e. The van der Waals surface area contributed by atoms with Crippen molar-refractivity contribution in [3.05, 3.63) is 47.6 Å². The smallest absolute Gasteiger partial charge is 0.328 e. The van der Waals surface area contributed by atoms with Crippen LogP contribution >= 0.6 is 0 Å². The van der Waals surface area contributed by atoms with E-state index < -0.39 is 41.5 Å². The molecule has 2 aliphatic heterocycles. The van der Waals surface area contributed by atoms with Gasteiger partial charge in [0.25, 0.3) is 11.7 Å². The lowest BCUT2D eigenvalue weighted by atomic mass is 9.88. The van der Waals surface area contributed by atoms with Crippen LogP contribution in [0.2, 0.25) is 0 Å². The van der Waals surface area contributed by atoms with Gasteiger partial charge in [-0.25, -0.2) is 4.79 Å². The molecule has 318 valence electrons. The lowest BCUT2D eigenvalue weighted by Crippen LogP contribution is -2.59. The molecule has 1 unspecified atom stereocenters. The first-order chi connectivity index (χ1) is 26.2. The van der Waals surface area contributed by atoms with E-state index in [1.807, 2.05) is 73.6 Å². The molecule has 0 bridgehead atoms. The lowest BCUT2D eigenvalue weighted by Gasteiger charge is -2.39. The molecule has 0 aromatic carbocycles. The van der Waals surface area contributed by atoms with Gasteiger partial charge >= 0.3 is 5.97 Å². The first-order valence-electron chi connectivity index (χ1n) is 20.9. The van der Waals surface area contributed by atoms with Gasteiger partial charge in [-0.05, 0) is 84.1 Å². The molecule has 2 rings (SSSR count). The van der Waals surface area contributed by atoms with Crippen molar-refractivity contribution in [2.75, 3.05) is 19.8 Å². The highest BCUT2D eigenvalue weighted by Crippen LogP contribution is 2.31. The Labute approximate surface area is 334 Å². The van der Waals surface area contributed by atoms with E-state index in [4.69, 9.17) is 9.47 Å². The number of hydrogen-bond acceptors (Lipinski definition) is 9. The zero-order valence-corrected chi connectivity index (χ0v) is 36.9. The number of likely N-dealkylation sites (tertiary alicyclic amines) is 1. The van der Waals surface area contributed by atoms with Crippen LogP contribution in [-0.2, 0) is 33.4 Å². The van der Waals surface area contributed by atoms with E-state index in [1.165, 1.54) is 17.4 Å². The number of amides is 1. The van der Waals surface area contributed by atoms with Gasteiger partial charge < -0.3 is 24.6 Å². The number of allylic oxidation sites excluding steroid dienone is 7. The highest BCUT2D eigenvalue weighted by Gasteiger charge is 2.50. The van der Waals surface area contributed by atoms with Gasteiger partial charge in [0.2, 0.25) is 5.79 Å². The van der Waals surface area contributed by atoms with Crippen molar-refractivity contribution < 1.29 is 43.7 Å². The SMILES string of the molecule is CC.CC.CC.CC/C(C)=C/C=C/C=C/CC[C@@H](C)C(=O)CC(O)/C(C)=C/CC(C)=O.CCCOC(=O)[C@@H]1CCCCN1C(=O)C(=O)[C@]1(O)OCCC[C@H]1C. The molecule has 1 amide bonds. The summed E-state index contributed by atoms with van der Waals surface area (Å²) in [7, 11) is 0. The fourth-order valence-corrected chi connectivity index (χ4v) is 5.32. The minimum absolute atomic E-state index is 0.0485. The predicted molar refractivity (Wildman–Crippen MR) is 224 cm³/mol. The van der Waals surface area contributed by atoms with E-state index in [9.17, 15) is 34.2 Å². The second kappa shape index (κ2) is 34.1. The minimum Gasteiger partial charge on any atom is -0.464 e. The highest BCUT2D eigenvalue weighted by molar-refractivity contribution is 6.39. The van der Waals surface area contributed by atoms with Crippen molar-refractivity contribution in [1.82, 2.24) is 4.90 Å². The quantitative estimate of drug-likeness (QED) is 0.0638. The predicted octanol–water partition coefficient (Wildman–Crippen LogP) is 9.22. The van der Waals surface area contributed by atoms with Gasteiger partial charge in [0, 0.05) is 31.2 Å². The summed E-state index contributed by atoms with van der Waals surface area (Å²) in [6, 6.07) is -0.760. The van der Waals surface area contributed by atoms with Gasteiger partial charge in [0.1, 0.15) is 17.6 Å². The molecule has 0 aliphatic carbocycles. The second-order valence-electron chi connectivity index (χ2n) is 13.3. The second-order valence-corrected chi connectivity index (χ2v) is 13.3. The molecule has 0 aromatic rings. The average Bonchev–Trinajstić information content (AvgIpc) is 3.21. The van der Waals surface area contributed by atoms with Crippen molar-refractivity contribution in [2.45, 2.75) is 179 Å². The van der Waals surface area contributed by atoms with E-state index >= 15 is 0 Å². The number of aliphatic hydroxyl groups excluding tert-OH is 1. The number of carbonyl (C=O) groups is 5. The number of hydrogen-bond donors (Lipinski definition) is 2. The Kier molecular flexibility index (Phi) is 34.8. The van der Waals surface area contributed by atoms with Gasteiger partial charge in [0.05, 0.1) is 19.3 Å². The maximum absolute atomic E-state index is 12.7. The fourth-order valence-electron chi connectivity index (χ4n) is 5.32. The van der Waals surface area contributed by atoms with Gasteiger partial charge in [-0.15, -0.1) is 0 Å². The summed E-state index contributed by atoms with van der Waals surface area (Å²) in [6.45, 7) is 25.8. The van der Waals surface area contributed by atoms with E-state index in [-0.39, 0.29) is 37.1 Å². The van der Waals surface area contributed by atoms with Crippen LogP contribution in [0.1, 0.15) is 161 Å². The third-order valence-corrected chi connectivity index (χ3v) is 9.02. The molecule has 0 spiro atoms. The summed E-state index contributed by atoms with van der Waals surface area (Å²) in [6.07, 6.45) is 18.2. The lowest BCUT2D eigenvalue weighted by molar-refractivity contribution is -0.240. The Morgan fingerprint density at radius 2 is 1.56 bits per heavy atom. The van der Waals surface area contributed by atoms with Crippen LogP contribution in [-0.4, -0.2) is 82.0 Å².